The Kier molecular flexibility index (Phi) is 5.35. The van der Waals surface area contributed by atoms with Crippen LogP contribution in [0.3, 0.4) is 0 Å². The molecule has 2 aromatic rings. The van der Waals surface area contributed by atoms with Crippen molar-refractivity contribution in [2.24, 2.45) is 5.73 Å². The third kappa shape index (κ3) is 3.93. The Balaban J connectivity index is 2.06. The molecule has 1 heterocycles. The molecule has 1 aromatic carbocycles. The molecular formula is C15H17ClN2O2. The molecule has 0 aliphatic carbocycles. The maximum Gasteiger partial charge on any atom is 0.238 e. The molecule has 0 amide bonds. The summed E-state index contributed by atoms with van der Waals surface area (Å²) in [7, 11) is 1.69. The van der Waals surface area contributed by atoms with E-state index in [4.69, 9.17) is 26.8 Å². The van der Waals surface area contributed by atoms with Crippen molar-refractivity contribution in [2.45, 2.75) is 13.0 Å². The molecule has 0 saturated heterocycles. The summed E-state index contributed by atoms with van der Waals surface area (Å²) in [5.74, 6) is 1.08. The number of aromatic nitrogens is 1. The molecule has 0 unspecified atom stereocenters. The van der Waals surface area contributed by atoms with E-state index >= 15 is 0 Å². The van der Waals surface area contributed by atoms with E-state index in [1.165, 1.54) is 5.56 Å². The van der Waals surface area contributed by atoms with Crippen LogP contribution in [0.4, 0.5) is 0 Å². The van der Waals surface area contributed by atoms with E-state index in [0.29, 0.717) is 29.8 Å². The third-order valence-corrected chi connectivity index (χ3v) is 3.10. The van der Waals surface area contributed by atoms with Crippen molar-refractivity contribution < 1.29 is 9.47 Å². The van der Waals surface area contributed by atoms with Crippen molar-refractivity contribution in [2.75, 3.05) is 13.7 Å². The van der Waals surface area contributed by atoms with E-state index in [1.807, 2.05) is 24.3 Å². The minimum absolute atomic E-state index is 0.383. The van der Waals surface area contributed by atoms with Crippen molar-refractivity contribution in [3.8, 4) is 11.6 Å². The maximum atomic E-state index is 6.10. The van der Waals surface area contributed by atoms with Crippen LogP contribution < -0.4 is 10.5 Å². The summed E-state index contributed by atoms with van der Waals surface area (Å²) in [5.41, 5.74) is 7.59. The van der Waals surface area contributed by atoms with Gasteiger partial charge < -0.3 is 15.2 Å². The Bertz CT molecular complexity index is 558. The van der Waals surface area contributed by atoms with Gasteiger partial charge >= 0.3 is 0 Å². The van der Waals surface area contributed by atoms with Gasteiger partial charge in [0.05, 0.1) is 6.61 Å². The van der Waals surface area contributed by atoms with E-state index in [-0.39, 0.29) is 0 Å². The first-order chi connectivity index (χ1) is 9.72. The normalized spacial score (nSPS) is 10.6. The third-order valence-electron chi connectivity index (χ3n) is 2.83. The predicted molar refractivity (Wildman–Crippen MR) is 79.2 cm³/mol. The number of halogens is 1. The van der Waals surface area contributed by atoms with Crippen LogP contribution in [-0.2, 0) is 17.7 Å². The second-order valence-corrected chi connectivity index (χ2v) is 4.73. The lowest BCUT2D eigenvalue weighted by molar-refractivity contribution is 0.202. The second kappa shape index (κ2) is 7.24. The number of nitrogens with zero attached hydrogens (tertiary/aromatic N) is 1. The van der Waals surface area contributed by atoms with Crippen molar-refractivity contribution in [3.05, 3.63) is 52.7 Å². The molecule has 2 N–H and O–H groups in total. The van der Waals surface area contributed by atoms with Gasteiger partial charge in [-0.25, -0.2) is 4.98 Å². The average Bonchev–Trinajstić information content (AvgIpc) is 2.48. The number of ether oxygens (including phenoxy) is 2. The largest absolute Gasteiger partial charge is 0.438 e. The highest BCUT2D eigenvalue weighted by Crippen LogP contribution is 2.27. The first-order valence-electron chi connectivity index (χ1n) is 6.33. The summed E-state index contributed by atoms with van der Waals surface area (Å²) in [4.78, 5) is 4.16. The number of rotatable bonds is 6. The zero-order valence-corrected chi connectivity index (χ0v) is 12.1. The highest BCUT2D eigenvalue weighted by molar-refractivity contribution is 6.31. The Hall–Kier alpha value is -1.62. The van der Waals surface area contributed by atoms with E-state index in [9.17, 15) is 0 Å². The minimum atomic E-state index is 0.383. The van der Waals surface area contributed by atoms with Gasteiger partial charge in [0.25, 0.3) is 0 Å². The van der Waals surface area contributed by atoms with Gasteiger partial charge in [0.2, 0.25) is 5.88 Å². The van der Waals surface area contributed by atoms with Crippen molar-refractivity contribution in [3.63, 3.8) is 0 Å². The molecule has 0 aliphatic heterocycles. The summed E-state index contributed by atoms with van der Waals surface area (Å²) >= 11 is 6.10. The number of hydrogen-bond acceptors (Lipinski definition) is 4. The number of benzene rings is 1. The first kappa shape index (κ1) is 14.8. The van der Waals surface area contributed by atoms with Crippen molar-refractivity contribution >= 4 is 11.6 Å². The topological polar surface area (TPSA) is 57.4 Å². The molecule has 0 aliphatic rings. The minimum Gasteiger partial charge on any atom is -0.438 e. The van der Waals surface area contributed by atoms with Crippen molar-refractivity contribution in [1.29, 1.82) is 0 Å². The van der Waals surface area contributed by atoms with Crippen LogP contribution in [0.1, 0.15) is 11.1 Å². The molecule has 20 heavy (non-hydrogen) atoms. The molecule has 4 nitrogen and oxygen atoms in total. The van der Waals surface area contributed by atoms with Gasteiger partial charge in [-0.05, 0) is 35.7 Å². The fourth-order valence-corrected chi connectivity index (χ4v) is 1.93. The summed E-state index contributed by atoms with van der Waals surface area (Å²) in [5, 5.41) is 0.455. The van der Waals surface area contributed by atoms with Gasteiger partial charge in [-0.2, -0.15) is 0 Å². The molecule has 0 radical (unpaired) electrons. The zero-order chi connectivity index (χ0) is 14.4. The van der Waals surface area contributed by atoms with E-state index in [1.54, 1.807) is 19.4 Å². The Morgan fingerprint density at radius 2 is 1.95 bits per heavy atom. The molecule has 106 valence electrons. The van der Waals surface area contributed by atoms with Crippen LogP contribution in [0.5, 0.6) is 11.6 Å². The highest BCUT2D eigenvalue weighted by atomic mass is 35.5. The lowest BCUT2D eigenvalue weighted by Crippen LogP contribution is -1.98. The first-order valence-corrected chi connectivity index (χ1v) is 6.71. The molecule has 0 fully saturated rings. The smallest absolute Gasteiger partial charge is 0.238 e. The molecular weight excluding hydrogens is 276 g/mol. The molecule has 0 spiro atoms. The Morgan fingerprint density at radius 3 is 2.55 bits per heavy atom. The van der Waals surface area contributed by atoms with Gasteiger partial charge in [-0.1, -0.05) is 23.7 Å². The molecule has 1 aromatic heterocycles. The Labute approximate surface area is 123 Å². The summed E-state index contributed by atoms with van der Waals surface area (Å²) < 4.78 is 10.7. The highest BCUT2D eigenvalue weighted by Gasteiger charge is 2.06. The molecule has 0 bridgehead atoms. The van der Waals surface area contributed by atoms with Crippen LogP contribution >= 0.6 is 11.6 Å². The average molecular weight is 293 g/mol. The van der Waals surface area contributed by atoms with Gasteiger partial charge in [0.1, 0.15) is 10.8 Å². The van der Waals surface area contributed by atoms with Crippen LogP contribution in [0.15, 0.2) is 36.5 Å². The summed E-state index contributed by atoms with van der Waals surface area (Å²) in [6, 6.07) is 9.53. The van der Waals surface area contributed by atoms with Crippen LogP contribution in [0, 0.1) is 0 Å². The predicted octanol–water partition coefficient (Wildman–Crippen LogP) is 3.17. The molecule has 0 saturated carbocycles. The lowest BCUT2D eigenvalue weighted by Gasteiger charge is -2.08. The Morgan fingerprint density at radius 1 is 1.20 bits per heavy atom. The van der Waals surface area contributed by atoms with E-state index in [0.717, 1.165) is 12.0 Å². The van der Waals surface area contributed by atoms with E-state index < -0.39 is 0 Å². The van der Waals surface area contributed by atoms with Crippen LogP contribution in [0.2, 0.25) is 5.02 Å². The molecule has 5 heteroatoms. The fourth-order valence-electron chi connectivity index (χ4n) is 1.71. The van der Waals surface area contributed by atoms with Gasteiger partial charge in [-0.15, -0.1) is 0 Å². The molecule has 0 atom stereocenters. The SMILES string of the molecule is COCCc1ccc(Oc2ncc(CN)cc2Cl)cc1. The summed E-state index contributed by atoms with van der Waals surface area (Å²) in [6.45, 7) is 1.11. The van der Waals surface area contributed by atoms with Gasteiger partial charge in [0.15, 0.2) is 0 Å². The zero-order valence-electron chi connectivity index (χ0n) is 11.3. The standard InChI is InChI=1S/C15H17ClN2O2/c1-19-7-6-11-2-4-13(5-3-11)20-15-14(16)8-12(9-17)10-18-15/h2-5,8,10H,6-7,9,17H2,1H3. The number of pyridine rings is 1. The van der Waals surface area contributed by atoms with E-state index in [2.05, 4.69) is 4.98 Å². The monoisotopic (exact) mass is 292 g/mol. The van der Waals surface area contributed by atoms with Gasteiger partial charge in [-0.3, -0.25) is 0 Å². The van der Waals surface area contributed by atoms with Crippen LogP contribution in [-0.4, -0.2) is 18.7 Å². The van der Waals surface area contributed by atoms with Gasteiger partial charge in [0, 0.05) is 19.9 Å². The summed E-state index contributed by atoms with van der Waals surface area (Å²) in [6.07, 6.45) is 2.54. The maximum absolute atomic E-state index is 6.10. The quantitative estimate of drug-likeness (QED) is 0.888. The fraction of sp³-hybridized carbons (Fsp3) is 0.267. The number of nitrogens with two attached hydrogens (primary N) is 1. The number of hydrogen-bond donors (Lipinski definition) is 1. The van der Waals surface area contributed by atoms with Crippen molar-refractivity contribution in [1.82, 2.24) is 4.98 Å². The number of methoxy groups -OCH3 is 1. The lowest BCUT2D eigenvalue weighted by atomic mass is 10.1. The van der Waals surface area contributed by atoms with Crippen LogP contribution in [0.25, 0.3) is 0 Å². The second-order valence-electron chi connectivity index (χ2n) is 4.32. The molecule has 2 rings (SSSR count).